The van der Waals surface area contributed by atoms with Crippen molar-refractivity contribution in [3.63, 3.8) is 0 Å². The average Bonchev–Trinajstić information content (AvgIpc) is 3.18. The summed E-state index contributed by atoms with van der Waals surface area (Å²) < 4.78 is 7.67. The number of aromatic nitrogens is 2. The van der Waals surface area contributed by atoms with Crippen molar-refractivity contribution in [2.45, 2.75) is 44.1 Å². The van der Waals surface area contributed by atoms with Gasteiger partial charge in [0.2, 0.25) is 0 Å². The molecule has 126 valence electrons. The number of benzene rings is 1. The monoisotopic (exact) mass is 344 g/mol. The highest BCUT2D eigenvalue weighted by molar-refractivity contribution is 6.32. The van der Waals surface area contributed by atoms with Gasteiger partial charge in [0.25, 0.3) is 0 Å². The predicted octanol–water partition coefficient (Wildman–Crippen LogP) is 4.43. The minimum atomic E-state index is -0.506. The topological polar surface area (TPSA) is 44.1 Å². The number of hydrogen-bond acceptors (Lipinski definition) is 3. The molecule has 24 heavy (non-hydrogen) atoms. The number of carbonyl (C=O) groups is 1. The van der Waals surface area contributed by atoms with Crippen molar-refractivity contribution in [2.24, 2.45) is 13.0 Å². The van der Waals surface area contributed by atoms with Crippen LogP contribution in [0.2, 0.25) is 5.15 Å². The van der Waals surface area contributed by atoms with Crippen molar-refractivity contribution in [1.82, 2.24) is 9.78 Å². The lowest BCUT2D eigenvalue weighted by atomic mass is 9.85. The Hall–Kier alpha value is -1.81. The largest absolute Gasteiger partial charge is 0.450 e. The van der Waals surface area contributed by atoms with E-state index in [1.807, 2.05) is 6.07 Å². The maximum atomic E-state index is 12.8. The summed E-state index contributed by atoms with van der Waals surface area (Å²) in [5, 5.41) is 4.38. The Bertz CT molecular complexity index is 800. The van der Waals surface area contributed by atoms with E-state index in [0.29, 0.717) is 22.6 Å². The number of esters is 1. The van der Waals surface area contributed by atoms with E-state index in [2.05, 4.69) is 30.2 Å². The van der Waals surface area contributed by atoms with Crippen LogP contribution in [-0.4, -0.2) is 15.7 Å². The van der Waals surface area contributed by atoms with Crippen molar-refractivity contribution in [2.75, 3.05) is 0 Å². The zero-order valence-electron chi connectivity index (χ0n) is 14.0. The summed E-state index contributed by atoms with van der Waals surface area (Å²) in [6, 6.07) is 8.43. The van der Waals surface area contributed by atoms with Crippen LogP contribution in [0.3, 0.4) is 0 Å². The molecule has 2 aliphatic rings. The molecule has 4 nitrogen and oxygen atoms in total. The SMILES string of the molecule is CCCC1C2CCC1(OC(=O)c1cnn(C)c1Cl)c1ccccc12. The molecule has 1 fully saturated rings. The summed E-state index contributed by atoms with van der Waals surface area (Å²) in [6.07, 6.45) is 5.61. The van der Waals surface area contributed by atoms with Crippen molar-refractivity contribution in [3.8, 4) is 0 Å². The van der Waals surface area contributed by atoms with Crippen LogP contribution in [0.4, 0.5) is 0 Å². The van der Waals surface area contributed by atoms with E-state index in [1.54, 1.807) is 7.05 Å². The maximum Gasteiger partial charge on any atom is 0.343 e. The second kappa shape index (κ2) is 5.62. The van der Waals surface area contributed by atoms with Crippen LogP contribution in [0.1, 0.15) is 60.0 Å². The van der Waals surface area contributed by atoms with Gasteiger partial charge < -0.3 is 4.74 Å². The molecule has 0 aliphatic heterocycles. The molecule has 0 amide bonds. The first kappa shape index (κ1) is 15.7. The van der Waals surface area contributed by atoms with E-state index in [4.69, 9.17) is 16.3 Å². The van der Waals surface area contributed by atoms with Gasteiger partial charge in [-0.05, 0) is 36.3 Å². The van der Waals surface area contributed by atoms with Crippen molar-refractivity contribution < 1.29 is 9.53 Å². The quantitative estimate of drug-likeness (QED) is 0.770. The Balaban J connectivity index is 1.74. The molecule has 1 saturated carbocycles. The van der Waals surface area contributed by atoms with Crippen LogP contribution in [-0.2, 0) is 17.4 Å². The molecule has 3 unspecified atom stereocenters. The van der Waals surface area contributed by atoms with Gasteiger partial charge in [0.05, 0.1) is 6.20 Å². The van der Waals surface area contributed by atoms with E-state index in [9.17, 15) is 4.79 Å². The highest BCUT2D eigenvalue weighted by atomic mass is 35.5. The summed E-state index contributed by atoms with van der Waals surface area (Å²) >= 11 is 6.19. The number of rotatable bonds is 4. The zero-order chi connectivity index (χ0) is 16.9. The summed E-state index contributed by atoms with van der Waals surface area (Å²) in [6.45, 7) is 2.19. The molecule has 0 saturated heterocycles. The van der Waals surface area contributed by atoms with E-state index in [0.717, 1.165) is 25.7 Å². The third-order valence-electron chi connectivity index (χ3n) is 5.69. The summed E-state index contributed by atoms with van der Waals surface area (Å²) in [5.41, 5.74) is 2.38. The smallest absolute Gasteiger partial charge is 0.343 e. The minimum Gasteiger partial charge on any atom is -0.450 e. The number of fused-ring (bicyclic) bond motifs is 5. The fourth-order valence-electron chi connectivity index (χ4n) is 4.70. The van der Waals surface area contributed by atoms with E-state index >= 15 is 0 Å². The Morgan fingerprint density at radius 3 is 2.96 bits per heavy atom. The van der Waals surface area contributed by atoms with Gasteiger partial charge in [-0.3, -0.25) is 4.68 Å². The molecule has 0 spiro atoms. The van der Waals surface area contributed by atoms with Gasteiger partial charge in [0.15, 0.2) is 0 Å². The number of hydrogen-bond donors (Lipinski definition) is 0. The highest BCUT2D eigenvalue weighted by Gasteiger charge is 2.59. The molecule has 1 heterocycles. The number of carbonyl (C=O) groups excluding carboxylic acids is 1. The van der Waals surface area contributed by atoms with Crippen LogP contribution < -0.4 is 0 Å². The summed E-state index contributed by atoms with van der Waals surface area (Å²) in [7, 11) is 1.72. The second-order valence-corrected chi connectivity index (χ2v) is 7.24. The van der Waals surface area contributed by atoms with E-state index in [-0.39, 0.29) is 5.97 Å². The first-order chi connectivity index (χ1) is 11.6. The molecule has 5 heteroatoms. The Morgan fingerprint density at radius 2 is 2.25 bits per heavy atom. The molecule has 4 rings (SSSR count). The Labute approximate surface area is 146 Å². The standard InChI is InChI=1S/C19H21ClN2O2/c1-3-6-15-13-9-10-19(15,16-8-5-4-7-12(13)16)24-18(23)14-11-21-22(2)17(14)20/h4-5,7-8,11,13,15H,3,6,9-10H2,1-2H3. The molecule has 0 radical (unpaired) electrons. The zero-order valence-corrected chi connectivity index (χ0v) is 14.7. The van der Waals surface area contributed by atoms with Crippen LogP contribution >= 0.6 is 11.6 Å². The molecule has 1 aromatic carbocycles. The van der Waals surface area contributed by atoms with E-state index < -0.39 is 5.60 Å². The number of ether oxygens (including phenoxy) is 1. The van der Waals surface area contributed by atoms with Gasteiger partial charge in [0, 0.05) is 13.0 Å². The molecule has 1 aromatic heterocycles. The van der Waals surface area contributed by atoms with Crippen LogP contribution in [0.15, 0.2) is 30.5 Å². The van der Waals surface area contributed by atoms with Crippen LogP contribution in [0.25, 0.3) is 0 Å². The minimum absolute atomic E-state index is 0.323. The lowest BCUT2D eigenvalue weighted by Crippen LogP contribution is -2.34. The second-order valence-electron chi connectivity index (χ2n) is 6.88. The van der Waals surface area contributed by atoms with Crippen molar-refractivity contribution in [1.29, 1.82) is 0 Å². The normalized spacial score (nSPS) is 27.3. The average molecular weight is 345 g/mol. The summed E-state index contributed by atoms with van der Waals surface area (Å²) in [5.74, 6) is 0.490. The van der Waals surface area contributed by atoms with Crippen LogP contribution in [0.5, 0.6) is 0 Å². The van der Waals surface area contributed by atoms with Crippen LogP contribution in [0, 0.1) is 5.92 Å². The first-order valence-electron chi connectivity index (χ1n) is 8.58. The maximum absolute atomic E-state index is 12.8. The lowest BCUT2D eigenvalue weighted by Gasteiger charge is -2.33. The van der Waals surface area contributed by atoms with Gasteiger partial charge in [-0.25, -0.2) is 4.79 Å². The van der Waals surface area contributed by atoms with Crippen molar-refractivity contribution >= 4 is 17.6 Å². The van der Waals surface area contributed by atoms with Crippen molar-refractivity contribution in [3.05, 3.63) is 52.3 Å². The molecule has 0 N–H and O–H groups in total. The van der Waals surface area contributed by atoms with E-state index in [1.165, 1.54) is 22.0 Å². The summed E-state index contributed by atoms with van der Waals surface area (Å²) in [4.78, 5) is 12.8. The molecule has 2 bridgehead atoms. The Morgan fingerprint density at radius 1 is 1.46 bits per heavy atom. The highest BCUT2D eigenvalue weighted by Crippen LogP contribution is 2.63. The Kier molecular flexibility index (Phi) is 3.68. The number of nitrogens with zero attached hydrogens (tertiary/aromatic N) is 2. The number of aryl methyl sites for hydroxylation is 1. The van der Waals surface area contributed by atoms with Gasteiger partial charge in [-0.2, -0.15) is 5.10 Å². The fraction of sp³-hybridized carbons (Fsp3) is 0.474. The third kappa shape index (κ3) is 2.05. The molecule has 2 aliphatic carbocycles. The fourth-order valence-corrected chi connectivity index (χ4v) is 4.87. The van der Waals surface area contributed by atoms with Gasteiger partial charge in [-0.1, -0.05) is 49.2 Å². The molecule has 3 atom stereocenters. The number of halogens is 1. The first-order valence-corrected chi connectivity index (χ1v) is 8.96. The third-order valence-corrected chi connectivity index (χ3v) is 6.14. The van der Waals surface area contributed by atoms with Gasteiger partial charge >= 0.3 is 5.97 Å². The predicted molar refractivity (Wildman–Crippen MR) is 92.1 cm³/mol. The molecular weight excluding hydrogens is 324 g/mol. The molecular formula is C19H21ClN2O2. The lowest BCUT2D eigenvalue weighted by molar-refractivity contribution is -0.0410. The molecule has 2 aromatic rings. The van der Waals surface area contributed by atoms with Gasteiger partial charge in [-0.15, -0.1) is 0 Å². The van der Waals surface area contributed by atoms with Gasteiger partial charge in [0.1, 0.15) is 16.3 Å².